The molecule has 3 aliphatic carbocycles. The zero-order chi connectivity index (χ0) is 13.5. The van der Waals surface area contributed by atoms with Crippen LogP contribution in [0.3, 0.4) is 0 Å². The minimum atomic E-state index is 0.00453. The molecule has 4 rings (SSSR count). The lowest BCUT2D eigenvalue weighted by atomic mass is 9.97. The Kier molecular flexibility index (Phi) is 2.97. The lowest BCUT2D eigenvalue weighted by Gasteiger charge is -2.19. The molecule has 0 unspecified atom stereocenters. The Balaban J connectivity index is 1.41. The van der Waals surface area contributed by atoms with Crippen molar-refractivity contribution in [3.8, 4) is 0 Å². The van der Waals surface area contributed by atoms with Gasteiger partial charge < -0.3 is 5.32 Å². The summed E-state index contributed by atoms with van der Waals surface area (Å²) in [5.74, 6) is 3.02. The summed E-state index contributed by atoms with van der Waals surface area (Å²) in [4.78, 5) is 21.0. The van der Waals surface area contributed by atoms with Crippen LogP contribution in [-0.4, -0.2) is 21.9 Å². The van der Waals surface area contributed by atoms with Crippen LogP contribution < -0.4 is 5.32 Å². The second-order valence-corrected chi connectivity index (χ2v) is 6.62. The number of aromatic nitrogens is 2. The first-order valence-electron chi connectivity index (χ1n) is 7.94. The Morgan fingerprint density at radius 2 is 1.85 bits per heavy atom. The summed E-state index contributed by atoms with van der Waals surface area (Å²) in [6.07, 6.45) is 12.2. The fraction of sp³-hybridized carbons (Fsp3) is 0.688. The van der Waals surface area contributed by atoms with Crippen molar-refractivity contribution in [2.75, 3.05) is 0 Å². The molecule has 3 atom stereocenters. The lowest BCUT2D eigenvalue weighted by Crippen LogP contribution is -2.37. The molecule has 1 amide bonds. The van der Waals surface area contributed by atoms with E-state index in [0.29, 0.717) is 23.4 Å². The Bertz CT molecular complexity index is 509. The third-order valence-corrected chi connectivity index (χ3v) is 5.28. The minimum Gasteiger partial charge on any atom is -0.349 e. The van der Waals surface area contributed by atoms with Gasteiger partial charge in [0.15, 0.2) is 0 Å². The van der Waals surface area contributed by atoms with Crippen LogP contribution in [0.2, 0.25) is 0 Å². The van der Waals surface area contributed by atoms with E-state index in [4.69, 9.17) is 0 Å². The number of carbonyl (C=O) groups excluding carboxylic acids is 1. The molecule has 0 radical (unpaired) electrons. The zero-order valence-electron chi connectivity index (χ0n) is 11.7. The standard InChI is InChI=1S/C16H21N3O/c20-16(12-8-17-15(18-9-12)11-4-5-11)19-14-7-6-10-2-1-3-13(10)14/h8-11,13-14H,1-7H2,(H,19,20)/t10-,13-,14-/m0/s1. The van der Waals surface area contributed by atoms with Crippen LogP contribution in [0.15, 0.2) is 12.4 Å². The first-order valence-corrected chi connectivity index (χ1v) is 7.94. The molecule has 0 saturated heterocycles. The van der Waals surface area contributed by atoms with E-state index in [1.54, 1.807) is 12.4 Å². The van der Waals surface area contributed by atoms with Crippen molar-refractivity contribution >= 4 is 5.91 Å². The molecule has 0 aliphatic heterocycles. The van der Waals surface area contributed by atoms with E-state index in [1.165, 1.54) is 38.5 Å². The van der Waals surface area contributed by atoms with Gasteiger partial charge in [-0.05, 0) is 43.9 Å². The number of amides is 1. The number of rotatable bonds is 3. The molecular weight excluding hydrogens is 250 g/mol. The van der Waals surface area contributed by atoms with E-state index >= 15 is 0 Å². The highest BCUT2D eigenvalue weighted by Crippen LogP contribution is 2.44. The van der Waals surface area contributed by atoms with Gasteiger partial charge in [0.25, 0.3) is 5.91 Å². The average molecular weight is 271 g/mol. The number of hydrogen-bond acceptors (Lipinski definition) is 3. The van der Waals surface area contributed by atoms with Crippen molar-refractivity contribution in [3.05, 3.63) is 23.8 Å². The molecule has 4 nitrogen and oxygen atoms in total. The van der Waals surface area contributed by atoms with Gasteiger partial charge in [-0.2, -0.15) is 0 Å². The van der Waals surface area contributed by atoms with Crippen LogP contribution in [0.4, 0.5) is 0 Å². The SMILES string of the molecule is O=C(N[C@H]1CC[C@@H]2CCC[C@@H]21)c1cnc(C2CC2)nc1. The molecule has 1 aromatic rings. The lowest BCUT2D eigenvalue weighted by molar-refractivity contribution is 0.0925. The second-order valence-electron chi connectivity index (χ2n) is 6.62. The molecule has 106 valence electrons. The first kappa shape index (κ1) is 12.3. The quantitative estimate of drug-likeness (QED) is 0.919. The average Bonchev–Trinajstić information content (AvgIpc) is 3.10. The summed E-state index contributed by atoms with van der Waals surface area (Å²) in [6, 6.07) is 0.373. The molecule has 3 aliphatic rings. The van der Waals surface area contributed by atoms with Gasteiger partial charge in [-0.1, -0.05) is 12.8 Å². The molecule has 1 N–H and O–H groups in total. The third kappa shape index (κ3) is 2.21. The zero-order valence-corrected chi connectivity index (χ0v) is 11.7. The van der Waals surface area contributed by atoms with E-state index in [1.807, 2.05) is 0 Å². The molecule has 0 aromatic carbocycles. The normalized spacial score (nSPS) is 32.1. The fourth-order valence-electron chi connectivity index (χ4n) is 4.00. The van der Waals surface area contributed by atoms with Gasteiger partial charge in [-0.3, -0.25) is 4.79 Å². The van der Waals surface area contributed by atoms with Gasteiger partial charge in [0.1, 0.15) is 5.82 Å². The monoisotopic (exact) mass is 271 g/mol. The fourth-order valence-corrected chi connectivity index (χ4v) is 4.00. The Morgan fingerprint density at radius 3 is 2.60 bits per heavy atom. The second kappa shape index (κ2) is 4.83. The van der Waals surface area contributed by atoms with E-state index in [9.17, 15) is 4.79 Å². The van der Waals surface area contributed by atoms with Crippen molar-refractivity contribution in [1.82, 2.24) is 15.3 Å². The number of nitrogens with one attached hydrogen (secondary N) is 1. The summed E-state index contributed by atoms with van der Waals surface area (Å²) in [5.41, 5.74) is 0.607. The topological polar surface area (TPSA) is 54.9 Å². The van der Waals surface area contributed by atoms with Crippen molar-refractivity contribution in [1.29, 1.82) is 0 Å². The Hall–Kier alpha value is -1.45. The number of carbonyl (C=O) groups is 1. The Labute approximate surface area is 119 Å². The third-order valence-electron chi connectivity index (χ3n) is 5.28. The summed E-state index contributed by atoms with van der Waals surface area (Å²) in [6.45, 7) is 0. The molecule has 0 bridgehead atoms. The smallest absolute Gasteiger partial charge is 0.254 e. The molecule has 3 fully saturated rings. The highest BCUT2D eigenvalue weighted by Gasteiger charge is 2.39. The molecule has 0 spiro atoms. The number of nitrogens with zero attached hydrogens (tertiary/aromatic N) is 2. The minimum absolute atomic E-state index is 0.00453. The van der Waals surface area contributed by atoms with Crippen LogP contribution in [-0.2, 0) is 0 Å². The van der Waals surface area contributed by atoms with E-state index in [0.717, 1.165) is 18.2 Å². The highest BCUT2D eigenvalue weighted by molar-refractivity contribution is 5.93. The predicted molar refractivity (Wildman–Crippen MR) is 75.3 cm³/mol. The van der Waals surface area contributed by atoms with Gasteiger partial charge in [0.05, 0.1) is 5.56 Å². The van der Waals surface area contributed by atoms with Gasteiger partial charge in [0, 0.05) is 24.4 Å². The maximum absolute atomic E-state index is 12.3. The maximum Gasteiger partial charge on any atom is 0.254 e. The largest absolute Gasteiger partial charge is 0.349 e. The van der Waals surface area contributed by atoms with Gasteiger partial charge in [-0.15, -0.1) is 0 Å². The summed E-state index contributed by atoms with van der Waals surface area (Å²) in [5, 5.41) is 3.21. The maximum atomic E-state index is 12.3. The number of hydrogen-bond donors (Lipinski definition) is 1. The van der Waals surface area contributed by atoms with Gasteiger partial charge in [-0.25, -0.2) is 9.97 Å². The van der Waals surface area contributed by atoms with Gasteiger partial charge in [0.2, 0.25) is 0 Å². The Morgan fingerprint density at radius 1 is 1.05 bits per heavy atom. The van der Waals surface area contributed by atoms with Gasteiger partial charge >= 0.3 is 0 Å². The van der Waals surface area contributed by atoms with Crippen molar-refractivity contribution < 1.29 is 4.79 Å². The molecule has 3 saturated carbocycles. The molecule has 4 heteroatoms. The van der Waals surface area contributed by atoms with Crippen LogP contribution in [0, 0.1) is 11.8 Å². The highest BCUT2D eigenvalue weighted by atomic mass is 16.1. The summed E-state index contributed by atoms with van der Waals surface area (Å²) < 4.78 is 0. The van der Waals surface area contributed by atoms with E-state index in [-0.39, 0.29) is 5.91 Å². The summed E-state index contributed by atoms with van der Waals surface area (Å²) >= 11 is 0. The molecule has 1 aromatic heterocycles. The van der Waals surface area contributed by atoms with E-state index < -0.39 is 0 Å². The molecule has 1 heterocycles. The number of fused-ring (bicyclic) bond motifs is 1. The van der Waals surface area contributed by atoms with Crippen LogP contribution >= 0.6 is 0 Å². The van der Waals surface area contributed by atoms with Crippen molar-refractivity contribution in [2.45, 2.75) is 56.9 Å². The van der Waals surface area contributed by atoms with Crippen LogP contribution in [0.1, 0.15) is 67.0 Å². The molecule has 20 heavy (non-hydrogen) atoms. The van der Waals surface area contributed by atoms with E-state index in [2.05, 4.69) is 15.3 Å². The van der Waals surface area contributed by atoms with Crippen LogP contribution in [0.25, 0.3) is 0 Å². The van der Waals surface area contributed by atoms with Crippen molar-refractivity contribution in [3.63, 3.8) is 0 Å². The first-order chi connectivity index (χ1) is 9.81. The predicted octanol–water partition coefficient (Wildman–Crippen LogP) is 2.66. The van der Waals surface area contributed by atoms with Crippen molar-refractivity contribution in [2.24, 2.45) is 11.8 Å². The summed E-state index contributed by atoms with van der Waals surface area (Å²) in [7, 11) is 0. The molecular formula is C16H21N3O. The van der Waals surface area contributed by atoms with Crippen LogP contribution in [0.5, 0.6) is 0 Å².